The van der Waals surface area contributed by atoms with Gasteiger partial charge in [0.25, 0.3) is 6.26 Å². The van der Waals surface area contributed by atoms with Crippen LogP contribution in [0.25, 0.3) is 0 Å². The number of aliphatic hydroxyl groups excluding tert-OH is 1. The van der Waals surface area contributed by atoms with Gasteiger partial charge in [0.2, 0.25) is 6.08 Å². The fourth-order valence-corrected chi connectivity index (χ4v) is 1.28. The van der Waals surface area contributed by atoms with Crippen molar-refractivity contribution in [3.63, 3.8) is 0 Å². The van der Waals surface area contributed by atoms with Crippen molar-refractivity contribution in [2.24, 2.45) is 4.99 Å². The molecule has 0 unspecified atom stereocenters. The first kappa shape index (κ1) is 10.7. The van der Waals surface area contributed by atoms with Gasteiger partial charge in [-0.15, -0.1) is 0 Å². The monoisotopic (exact) mass is 168 g/mol. The third-order valence-corrected chi connectivity index (χ3v) is 1.81. The van der Waals surface area contributed by atoms with Gasteiger partial charge in [-0.05, 0) is 12.8 Å². The molecular formula is C8H12N2O2. The minimum atomic E-state index is 0.302. The molecule has 4 heteroatoms. The maximum absolute atomic E-state index is 9.78. The summed E-state index contributed by atoms with van der Waals surface area (Å²) in [5.41, 5.74) is 0. The molecule has 0 amide bonds. The number of isocyanates is 1. The summed E-state index contributed by atoms with van der Waals surface area (Å²) in [6, 6.07) is 0.302. The zero-order chi connectivity index (χ0) is 9.23. The van der Waals surface area contributed by atoms with Crippen molar-refractivity contribution in [3.05, 3.63) is 0 Å². The van der Waals surface area contributed by atoms with Crippen LogP contribution >= 0.6 is 0 Å². The van der Waals surface area contributed by atoms with Gasteiger partial charge >= 0.3 is 0 Å². The van der Waals surface area contributed by atoms with Gasteiger partial charge in [-0.1, -0.05) is 19.3 Å². The van der Waals surface area contributed by atoms with Crippen molar-refractivity contribution < 1.29 is 9.90 Å². The zero-order valence-corrected chi connectivity index (χ0v) is 6.86. The average molecular weight is 168 g/mol. The van der Waals surface area contributed by atoms with Crippen LogP contribution in [-0.4, -0.2) is 17.2 Å². The summed E-state index contributed by atoms with van der Waals surface area (Å²) in [7, 11) is 0. The van der Waals surface area contributed by atoms with Crippen LogP contribution in [0, 0.1) is 11.5 Å². The van der Waals surface area contributed by atoms with E-state index in [0.29, 0.717) is 6.04 Å². The molecule has 0 aliphatic heterocycles. The van der Waals surface area contributed by atoms with E-state index in [1.165, 1.54) is 19.3 Å². The fourth-order valence-electron chi connectivity index (χ4n) is 1.28. The van der Waals surface area contributed by atoms with E-state index in [9.17, 15) is 4.79 Å². The second-order valence-corrected chi connectivity index (χ2v) is 2.61. The van der Waals surface area contributed by atoms with Gasteiger partial charge in [0, 0.05) is 0 Å². The third kappa shape index (κ3) is 5.45. The summed E-state index contributed by atoms with van der Waals surface area (Å²) in [6.07, 6.45) is 8.32. The Kier molecular flexibility index (Phi) is 6.91. The van der Waals surface area contributed by atoms with Crippen molar-refractivity contribution in [3.8, 4) is 6.26 Å². The second-order valence-electron chi connectivity index (χ2n) is 2.61. The molecule has 0 atom stereocenters. The van der Waals surface area contributed by atoms with Gasteiger partial charge in [0.15, 0.2) is 0 Å². The van der Waals surface area contributed by atoms with E-state index in [4.69, 9.17) is 10.4 Å². The summed E-state index contributed by atoms with van der Waals surface area (Å²) in [5, 5.41) is 13.8. The number of aliphatic imine (C=N–C) groups is 1. The highest BCUT2D eigenvalue weighted by Crippen LogP contribution is 2.19. The van der Waals surface area contributed by atoms with Crippen molar-refractivity contribution in [1.82, 2.24) is 0 Å². The Morgan fingerprint density at radius 2 is 1.83 bits per heavy atom. The Balaban J connectivity index is 0.000000354. The zero-order valence-electron chi connectivity index (χ0n) is 6.86. The summed E-state index contributed by atoms with van der Waals surface area (Å²) < 4.78 is 0. The van der Waals surface area contributed by atoms with Gasteiger partial charge in [-0.25, -0.2) is 9.79 Å². The van der Waals surface area contributed by atoms with Crippen LogP contribution in [0.5, 0.6) is 0 Å². The van der Waals surface area contributed by atoms with E-state index in [1.54, 1.807) is 6.08 Å². The molecule has 1 aliphatic carbocycles. The lowest BCUT2D eigenvalue weighted by atomic mass is 9.96. The van der Waals surface area contributed by atoms with Crippen molar-refractivity contribution >= 4 is 6.08 Å². The first-order chi connectivity index (χ1) is 5.85. The summed E-state index contributed by atoms with van der Waals surface area (Å²) in [5.74, 6) is 0. The molecule has 1 rings (SSSR count). The molecule has 0 aromatic heterocycles. The average Bonchev–Trinajstić information content (AvgIpc) is 2.08. The predicted octanol–water partition coefficient (Wildman–Crippen LogP) is 1.49. The van der Waals surface area contributed by atoms with Crippen molar-refractivity contribution in [2.45, 2.75) is 38.1 Å². The normalized spacial score (nSPS) is 16.2. The van der Waals surface area contributed by atoms with Crippen LogP contribution in [0.2, 0.25) is 0 Å². The molecule has 0 heterocycles. The van der Waals surface area contributed by atoms with Crippen LogP contribution in [0.15, 0.2) is 4.99 Å². The Labute approximate surface area is 71.5 Å². The van der Waals surface area contributed by atoms with E-state index < -0.39 is 0 Å². The van der Waals surface area contributed by atoms with Crippen LogP contribution in [0.4, 0.5) is 0 Å². The van der Waals surface area contributed by atoms with Gasteiger partial charge in [0.05, 0.1) is 6.04 Å². The Hall–Kier alpha value is -1.33. The molecule has 66 valence electrons. The number of hydrogen-bond donors (Lipinski definition) is 1. The SMILES string of the molecule is N#CO.O=C=NC1CCCCC1. The molecule has 1 aliphatic rings. The molecule has 0 saturated heterocycles. The number of nitrogens with zero attached hydrogens (tertiary/aromatic N) is 2. The molecule has 1 N–H and O–H groups in total. The van der Waals surface area contributed by atoms with E-state index in [0.717, 1.165) is 19.1 Å². The minimum absolute atomic E-state index is 0.302. The summed E-state index contributed by atoms with van der Waals surface area (Å²) in [4.78, 5) is 13.5. The van der Waals surface area contributed by atoms with Crippen LogP contribution in [0.1, 0.15) is 32.1 Å². The molecule has 12 heavy (non-hydrogen) atoms. The molecule has 0 aromatic rings. The van der Waals surface area contributed by atoms with Gasteiger partial charge in [-0.2, -0.15) is 5.26 Å². The topological polar surface area (TPSA) is 73.4 Å². The standard InChI is InChI=1S/C7H11NO.CHNO/c9-6-8-7-4-2-1-3-5-7;2-1-3/h7H,1-5H2;3H. The molecule has 4 nitrogen and oxygen atoms in total. The second kappa shape index (κ2) is 7.77. The number of rotatable bonds is 1. The van der Waals surface area contributed by atoms with E-state index in [2.05, 4.69) is 4.99 Å². The van der Waals surface area contributed by atoms with Gasteiger partial charge < -0.3 is 5.11 Å². The lowest BCUT2D eigenvalue weighted by Gasteiger charge is -2.14. The molecule has 0 radical (unpaired) electrons. The van der Waals surface area contributed by atoms with E-state index in [-0.39, 0.29) is 0 Å². The highest BCUT2D eigenvalue weighted by Gasteiger charge is 2.10. The van der Waals surface area contributed by atoms with Crippen LogP contribution in [0.3, 0.4) is 0 Å². The maximum atomic E-state index is 9.78. The van der Waals surface area contributed by atoms with Gasteiger partial charge in [0.1, 0.15) is 0 Å². The molecular weight excluding hydrogens is 156 g/mol. The maximum Gasteiger partial charge on any atom is 0.283 e. The molecule has 1 saturated carbocycles. The van der Waals surface area contributed by atoms with Gasteiger partial charge in [-0.3, -0.25) is 0 Å². The molecule has 1 fully saturated rings. The molecule has 0 aromatic carbocycles. The fraction of sp³-hybridized carbons (Fsp3) is 0.750. The van der Waals surface area contributed by atoms with E-state index >= 15 is 0 Å². The highest BCUT2D eigenvalue weighted by atomic mass is 16.2. The summed E-state index contributed by atoms with van der Waals surface area (Å²) in [6.45, 7) is 0. The van der Waals surface area contributed by atoms with Crippen LogP contribution in [-0.2, 0) is 4.79 Å². The Morgan fingerprint density at radius 3 is 2.25 bits per heavy atom. The smallest absolute Gasteiger partial charge is 0.283 e. The van der Waals surface area contributed by atoms with Crippen LogP contribution < -0.4 is 0 Å². The lowest BCUT2D eigenvalue weighted by molar-refractivity contribution is 0.439. The number of hydrogen-bond acceptors (Lipinski definition) is 4. The summed E-state index contributed by atoms with van der Waals surface area (Å²) >= 11 is 0. The highest BCUT2D eigenvalue weighted by molar-refractivity contribution is 5.33. The van der Waals surface area contributed by atoms with E-state index in [1.807, 2.05) is 0 Å². The molecule has 0 bridgehead atoms. The van der Waals surface area contributed by atoms with Crippen molar-refractivity contribution in [2.75, 3.05) is 0 Å². The predicted molar refractivity (Wildman–Crippen MR) is 42.5 cm³/mol. The Bertz CT molecular complexity index is 186. The molecule has 0 spiro atoms. The largest absolute Gasteiger partial charge is 0.443 e. The number of aliphatic hydroxyl groups is 1. The van der Waals surface area contributed by atoms with Crippen molar-refractivity contribution in [1.29, 1.82) is 5.26 Å². The lowest BCUT2D eigenvalue weighted by Crippen LogP contribution is -2.08. The number of carbonyl (C=O) groups excluding carboxylic acids is 1. The quantitative estimate of drug-likeness (QED) is 0.366. The third-order valence-electron chi connectivity index (χ3n) is 1.81. The number of nitriles is 1. The Morgan fingerprint density at radius 1 is 1.33 bits per heavy atom. The minimum Gasteiger partial charge on any atom is -0.443 e. The first-order valence-electron chi connectivity index (χ1n) is 3.95. The first-order valence-corrected chi connectivity index (χ1v) is 3.95.